The molecule has 0 radical (unpaired) electrons. The second-order valence-corrected chi connectivity index (χ2v) is 5.05. The summed E-state index contributed by atoms with van der Waals surface area (Å²) in [6, 6.07) is 4.53. The summed E-state index contributed by atoms with van der Waals surface area (Å²) >= 11 is 5.77. The standard InChI is InChI=1S/C14H16ClFN4O/c1-9(10-3-4-13(16)12(15)5-10)19-11-6-18-20(7-11)8-14(21)17-2/h3-7,9,19H,8H2,1-2H3,(H,17,21). The van der Waals surface area contributed by atoms with Crippen molar-refractivity contribution in [3.8, 4) is 0 Å². The molecule has 0 spiro atoms. The maximum atomic E-state index is 13.1. The number of carbonyl (C=O) groups excluding carboxylic acids is 1. The average Bonchev–Trinajstić information content (AvgIpc) is 2.88. The molecule has 1 atom stereocenters. The number of benzene rings is 1. The number of amides is 1. The van der Waals surface area contributed by atoms with Crippen LogP contribution in [0.2, 0.25) is 5.02 Å². The molecule has 0 aliphatic heterocycles. The minimum absolute atomic E-state index is 0.0687. The third-order valence-electron chi connectivity index (χ3n) is 3.04. The third-order valence-corrected chi connectivity index (χ3v) is 3.33. The van der Waals surface area contributed by atoms with Gasteiger partial charge in [0, 0.05) is 19.3 Å². The van der Waals surface area contributed by atoms with Gasteiger partial charge in [0.1, 0.15) is 12.4 Å². The van der Waals surface area contributed by atoms with Crippen molar-refractivity contribution in [3.63, 3.8) is 0 Å². The zero-order chi connectivity index (χ0) is 15.4. The van der Waals surface area contributed by atoms with Gasteiger partial charge in [-0.25, -0.2) is 4.39 Å². The normalized spacial score (nSPS) is 12.0. The number of hydrogen-bond donors (Lipinski definition) is 2. The van der Waals surface area contributed by atoms with Gasteiger partial charge in [0.25, 0.3) is 0 Å². The lowest BCUT2D eigenvalue weighted by atomic mass is 10.1. The fourth-order valence-electron chi connectivity index (χ4n) is 1.87. The summed E-state index contributed by atoms with van der Waals surface area (Å²) < 4.78 is 14.7. The fraction of sp³-hybridized carbons (Fsp3) is 0.286. The second-order valence-electron chi connectivity index (χ2n) is 4.64. The van der Waals surface area contributed by atoms with Crippen molar-refractivity contribution in [2.75, 3.05) is 12.4 Å². The molecule has 21 heavy (non-hydrogen) atoms. The minimum atomic E-state index is -0.439. The van der Waals surface area contributed by atoms with E-state index in [1.54, 1.807) is 31.6 Å². The average molecular weight is 311 g/mol. The van der Waals surface area contributed by atoms with Gasteiger partial charge in [-0.2, -0.15) is 5.10 Å². The fourth-order valence-corrected chi connectivity index (χ4v) is 2.05. The van der Waals surface area contributed by atoms with Crippen molar-refractivity contribution in [1.82, 2.24) is 15.1 Å². The quantitative estimate of drug-likeness (QED) is 0.892. The zero-order valence-corrected chi connectivity index (χ0v) is 12.5. The highest BCUT2D eigenvalue weighted by atomic mass is 35.5. The highest BCUT2D eigenvalue weighted by molar-refractivity contribution is 6.30. The van der Waals surface area contributed by atoms with Gasteiger partial charge in [-0.15, -0.1) is 0 Å². The molecule has 0 saturated heterocycles. The predicted octanol–water partition coefficient (Wildman–Crippen LogP) is 2.59. The Balaban J connectivity index is 2.03. The maximum Gasteiger partial charge on any atom is 0.241 e. The molecular formula is C14H16ClFN4O. The summed E-state index contributed by atoms with van der Waals surface area (Å²) in [6.07, 6.45) is 3.36. The first-order valence-corrected chi connectivity index (χ1v) is 6.82. The van der Waals surface area contributed by atoms with Gasteiger partial charge in [-0.1, -0.05) is 17.7 Å². The van der Waals surface area contributed by atoms with Crippen LogP contribution in [0.1, 0.15) is 18.5 Å². The van der Waals surface area contributed by atoms with Crippen LogP contribution in [-0.4, -0.2) is 22.7 Å². The molecule has 2 N–H and O–H groups in total. The van der Waals surface area contributed by atoms with Gasteiger partial charge >= 0.3 is 0 Å². The van der Waals surface area contributed by atoms with Gasteiger partial charge in [-0.3, -0.25) is 9.48 Å². The van der Waals surface area contributed by atoms with E-state index >= 15 is 0 Å². The van der Waals surface area contributed by atoms with Crippen LogP contribution in [0.4, 0.5) is 10.1 Å². The van der Waals surface area contributed by atoms with Crippen LogP contribution < -0.4 is 10.6 Å². The Labute approximate surface area is 127 Å². The molecule has 0 saturated carbocycles. The number of halogens is 2. The van der Waals surface area contributed by atoms with Crippen LogP contribution >= 0.6 is 11.6 Å². The number of nitrogens with zero attached hydrogens (tertiary/aromatic N) is 2. The first kappa shape index (κ1) is 15.3. The highest BCUT2D eigenvalue weighted by Gasteiger charge is 2.10. The van der Waals surface area contributed by atoms with Crippen LogP contribution in [0.5, 0.6) is 0 Å². The molecular weight excluding hydrogens is 295 g/mol. The van der Waals surface area contributed by atoms with Crippen molar-refractivity contribution < 1.29 is 9.18 Å². The summed E-state index contributed by atoms with van der Waals surface area (Å²) in [4.78, 5) is 11.3. The van der Waals surface area contributed by atoms with E-state index < -0.39 is 5.82 Å². The molecule has 7 heteroatoms. The largest absolute Gasteiger partial charge is 0.376 e. The molecule has 2 aromatic rings. The number of anilines is 1. The van der Waals surface area contributed by atoms with Crippen LogP contribution in [0.25, 0.3) is 0 Å². The van der Waals surface area contributed by atoms with Gasteiger partial charge in [-0.05, 0) is 24.6 Å². The molecule has 1 aromatic carbocycles. The van der Waals surface area contributed by atoms with Crippen molar-refractivity contribution in [2.24, 2.45) is 0 Å². The lowest BCUT2D eigenvalue weighted by Gasteiger charge is -2.14. The van der Waals surface area contributed by atoms with E-state index in [2.05, 4.69) is 15.7 Å². The first-order valence-electron chi connectivity index (χ1n) is 6.44. The SMILES string of the molecule is CNC(=O)Cn1cc(NC(C)c2ccc(F)c(Cl)c2)cn1. The number of aromatic nitrogens is 2. The summed E-state index contributed by atoms with van der Waals surface area (Å²) in [5.74, 6) is -0.561. The summed E-state index contributed by atoms with van der Waals surface area (Å²) in [5, 5.41) is 9.93. The molecule has 2 rings (SSSR count). The van der Waals surface area contributed by atoms with Crippen molar-refractivity contribution in [1.29, 1.82) is 0 Å². The number of nitrogens with one attached hydrogen (secondary N) is 2. The predicted molar refractivity (Wildman–Crippen MR) is 79.7 cm³/mol. The minimum Gasteiger partial charge on any atom is -0.376 e. The Morgan fingerprint density at radius 2 is 2.29 bits per heavy atom. The summed E-state index contributed by atoms with van der Waals surface area (Å²) in [7, 11) is 1.57. The van der Waals surface area contributed by atoms with Crippen molar-refractivity contribution in [2.45, 2.75) is 19.5 Å². The second kappa shape index (κ2) is 6.58. The van der Waals surface area contributed by atoms with Crippen molar-refractivity contribution >= 4 is 23.2 Å². The van der Waals surface area contributed by atoms with Gasteiger partial charge in [0.2, 0.25) is 5.91 Å². The Hall–Kier alpha value is -2.08. The summed E-state index contributed by atoms with van der Waals surface area (Å²) in [5.41, 5.74) is 1.63. The van der Waals surface area contributed by atoms with E-state index in [1.807, 2.05) is 6.92 Å². The monoisotopic (exact) mass is 310 g/mol. The molecule has 0 fully saturated rings. The van der Waals surface area contributed by atoms with Crippen LogP contribution in [0.3, 0.4) is 0 Å². The Morgan fingerprint density at radius 1 is 1.52 bits per heavy atom. The van der Waals surface area contributed by atoms with Crippen molar-refractivity contribution in [3.05, 3.63) is 47.0 Å². The number of likely N-dealkylation sites (N-methyl/N-ethyl adjacent to an activating group) is 1. The van der Waals surface area contributed by atoms with E-state index in [0.29, 0.717) is 0 Å². The molecule has 112 valence electrons. The number of carbonyl (C=O) groups is 1. The summed E-state index contributed by atoms with van der Waals surface area (Å²) in [6.45, 7) is 2.09. The van der Waals surface area contributed by atoms with Gasteiger partial charge in [0.15, 0.2) is 0 Å². The van der Waals surface area contributed by atoms with E-state index in [1.165, 1.54) is 10.7 Å². The maximum absolute atomic E-state index is 13.1. The Kier molecular flexibility index (Phi) is 4.80. The molecule has 1 aromatic heterocycles. The van der Waals surface area contributed by atoms with Crippen LogP contribution in [0, 0.1) is 5.82 Å². The highest BCUT2D eigenvalue weighted by Crippen LogP contribution is 2.23. The molecule has 1 unspecified atom stereocenters. The van der Waals surface area contributed by atoms with E-state index in [-0.39, 0.29) is 23.5 Å². The molecule has 5 nitrogen and oxygen atoms in total. The molecule has 1 heterocycles. The smallest absolute Gasteiger partial charge is 0.241 e. The zero-order valence-electron chi connectivity index (χ0n) is 11.7. The molecule has 0 bridgehead atoms. The van der Waals surface area contributed by atoms with E-state index in [0.717, 1.165) is 11.3 Å². The number of rotatable bonds is 5. The Morgan fingerprint density at radius 3 is 2.95 bits per heavy atom. The third kappa shape index (κ3) is 3.95. The molecule has 0 aliphatic carbocycles. The van der Waals surface area contributed by atoms with E-state index in [4.69, 9.17) is 11.6 Å². The van der Waals surface area contributed by atoms with Gasteiger partial charge in [0.05, 0.1) is 16.9 Å². The van der Waals surface area contributed by atoms with Gasteiger partial charge < -0.3 is 10.6 Å². The van der Waals surface area contributed by atoms with E-state index in [9.17, 15) is 9.18 Å². The lowest BCUT2D eigenvalue weighted by molar-refractivity contribution is -0.121. The lowest BCUT2D eigenvalue weighted by Crippen LogP contribution is -2.23. The molecule has 1 amide bonds. The first-order chi connectivity index (χ1) is 9.99. The van der Waals surface area contributed by atoms with Crippen LogP contribution in [-0.2, 0) is 11.3 Å². The van der Waals surface area contributed by atoms with Crippen LogP contribution in [0.15, 0.2) is 30.6 Å². The number of hydrogen-bond acceptors (Lipinski definition) is 3. The topological polar surface area (TPSA) is 59.0 Å². The Bertz CT molecular complexity index is 644. The molecule has 0 aliphatic rings.